The monoisotopic (exact) mass is 257 g/mol. The lowest BCUT2D eigenvalue weighted by atomic mass is 10.2. The van der Waals surface area contributed by atoms with Crippen molar-refractivity contribution in [2.75, 3.05) is 5.32 Å². The van der Waals surface area contributed by atoms with Crippen LogP contribution in [-0.2, 0) is 6.54 Å². The highest BCUT2D eigenvalue weighted by Gasteiger charge is 2.14. The van der Waals surface area contributed by atoms with Crippen molar-refractivity contribution in [3.63, 3.8) is 0 Å². The Morgan fingerprint density at radius 3 is 2.83 bits per heavy atom. The number of carbonyl (C=O) groups is 1. The Kier molecular flexibility index (Phi) is 2.72. The second-order valence-electron chi connectivity index (χ2n) is 4.08. The number of carboxylic acid groups (broad SMARTS) is 1. The lowest BCUT2D eigenvalue weighted by Gasteiger charge is -2.07. The summed E-state index contributed by atoms with van der Waals surface area (Å²) in [4.78, 5) is 13.2. The van der Waals surface area contributed by atoms with Crippen LogP contribution >= 0.6 is 11.8 Å². The van der Waals surface area contributed by atoms with Gasteiger partial charge in [-0.2, -0.15) is 0 Å². The van der Waals surface area contributed by atoms with Crippen LogP contribution in [0.15, 0.2) is 52.3 Å². The van der Waals surface area contributed by atoms with E-state index in [1.54, 1.807) is 23.9 Å². The van der Waals surface area contributed by atoms with Crippen molar-refractivity contribution in [2.45, 2.75) is 16.3 Å². The van der Waals surface area contributed by atoms with Gasteiger partial charge in [0.25, 0.3) is 0 Å². The van der Waals surface area contributed by atoms with Gasteiger partial charge in [-0.25, -0.2) is 4.79 Å². The van der Waals surface area contributed by atoms with E-state index in [1.807, 2.05) is 18.2 Å². The SMILES string of the molecule is O=C(O)c1ccc2c(c1)NCc1ccccc1S2. The highest BCUT2D eigenvalue weighted by molar-refractivity contribution is 7.99. The molecule has 18 heavy (non-hydrogen) atoms. The molecule has 2 aromatic carbocycles. The first-order chi connectivity index (χ1) is 8.74. The highest BCUT2D eigenvalue weighted by atomic mass is 32.2. The van der Waals surface area contributed by atoms with E-state index in [1.165, 1.54) is 10.5 Å². The van der Waals surface area contributed by atoms with Gasteiger partial charge in [0.15, 0.2) is 0 Å². The number of rotatable bonds is 1. The van der Waals surface area contributed by atoms with Crippen LogP contribution in [0.4, 0.5) is 5.69 Å². The van der Waals surface area contributed by atoms with E-state index >= 15 is 0 Å². The van der Waals surface area contributed by atoms with Crippen LogP contribution in [0.5, 0.6) is 0 Å². The second-order valence-corrected chi connectivity index (χ2v) is 5.16. The summed E-state index contributed by atoms with van der Waals surface area (Å²) in [5, 5.41) is 12.3. The zero-order valence-corrected chi connectivity index (χ0v) is 10.3. The number of carboxylic acids is 1. The first-order valence-corrected chi connectivity index (χ1v) is 6.42. The number of benzene rings is 2. The number of aromatic carboxylic acids is 1. The van der Waals surface area contributed by atoms with E-state index in [9.17, 15) is 4.79 Å². The third-order valence-electron chi connectivity index (χ3n) is 2.89. The molecule has 0 amide bonds. The van der Waals surface area contributed by atoms with Crippen LogP contribution in [0.1, 0.15) is 15.9 Å². The molecule has 0 radical (unpaired) electrons. The van der Waals surface area contributed by atoms with Gasteiger partial charge in [0, 0.05) is 22.0 Å². The van der Waals surface area contributed by atoms with Crippen LogP contribution in [-0.4, -0.2) is 11.1 Å². The fraction of sp³-hybridized carbons (Fsp3) is 0.0714. The normalized spacial score (nSPS) is 12.9. The first-order valence-electron chi connectivity index (χ1n) is 5.61. The summed E-state index contributed by atoms with van der Waals surface area (Å²) >= 11 is 1.67. The molecule has 0 unspecified atom stereocenters. The molecule has 1 aliphatic heterocycles. The van der Waals surface area contributed by atoms with Crippen molar-refractivity contribution in [1.82, 2.24) is 0 Å². The Morgan fingerprint density at radius 2 is 2.00 bits per heavy atom. The van der Waals surface area contributed by atoms with Crippen molar-refractivity contribution in [3.8, 4) is 0 Å². The minimum atomic E-state index is -0.897. The van der Waals surface area contributed by atoms with E-state index in [-0.39, 0.29) is 0 Å². The van der Waals surface area contributed by atoms with Crippen molar-refractivity contribution in [1.29, 1.82) is 0 Å². The minimum absolute atomic E-state index is 0.313. The summed E-state index contributed by atoms with van der Waals surface area (Å²) in [6, 6.07) is 13.4. The smallest absolute Gasteiger partial charge is 0.335 e. The Hall–Kier alpha value is -1.94. The number of anilines is 1. The van der Waals surface area contributed by atoms with Gasteiger partial charge in [0.1, 0.15) is 0 Å². The topological polar surface area (TPSA) is 49.3 Å². The van der Waals surface area contributed by atoms with Crippen molar-refractivity contribution >= 4 is 23.4 Å². The molecular weight excluding hydrogens is 246 g/mol. The minimum Gasteiger partial charge on any atom is -0.478 e. The van der Waals surface area contributed by atoms with Crippen molar-refractivity contribution in [2.24, 2.45) is 0 Å². The molecule has 0 saturated heterocycles. The largest absolute Gasteiger partial charge is 0.478 e. The Bertz CT molecular complexity index is 625. The molecule has 0 bridgehead atoms. The van der Waals surface area contributed by atoms with Crippen LogP contribution in [0, 0.1) is 0 Å². The third-order valence-corrected chi connectivity index (χ3v) is 4.08. The summed E-state index contributed by atoms with van der Waals surface area (Å²) in [6.45, 7) is 0.721. The highest BCUT2D eigenvalue weighted by Crippen LogP contribution is 2.38. The molecule has 0 spiro atoms. The second kappa shape index (κ2) is 4.38. The number of fused-ring (bicyclic) bond motifs is 2. The molecule has 0 fully saturated rings. The van der Waals surface area contributed by atoms with E-state index in [0.29, 0.717) is 5.56 Å². The van der Waals surface area contributed by atoms with E-state index in [4.69, 9.17) is 5.11 Å². The molecule has 3 nitrogen and oxygen atoms in total. The van der Waals surface area contributed by atoms with Crippen LogP contribution < -0.4 is 5.32 Å². The van der Waals surface area contributed by atoms with Gasteiger partial charge in [-0.05, 0) is 29.8 Å². The van der Waals surface area contributed by atoms with E-state index < -0.39 is 5.97 Å². The Balaban J connectivity index is 2.04. The van der Waals surface area contributed by atoms with E-state index in [0.717, 1.165) is 17.1 Å². The lowest BCUT2D eigenvalue weighted by molar-refractivity contribution is 0.0697. The molecule has 4 heteroatoms. The molecule has 0 aromatic heterocycles. The van der Waals surface area contributed by atoms with Crippen LogP contribution in [0.3, 0.4) is 0 Å². The Labute approximate surface area is 109 Å². The van der Waals surface area contributed by atoms with E-state index in [2.05, 4.69) is 17.4 Å². The zero-order valence-electron chi connectivity index (χ0n) is 9.51. The average Bonchev–Trinajstić information content (AvgIpc) is 2.56. The molecule has 1 aliphatic rings. The molecule has 0 saturated carbocycles. The molecule has 0 aliphatic carbocycles. The lowest BCUT2D eigenvalue weighted by Crippen LogP contribution is -2.01. The molecule has 3 rings (SSSR count). The summed E-state index contributed by atoms with van der Waals surface area (Å²) in [7, 11) is 0. The maximum atomic E-state index is 11.0. The van der Waals surface area contributed by atoms with Gasteiger partial charge in [-0.15, -0.1) is 0 Å². The average molecular weight is 257 g/mol. The molecule has 1 heterocycles. The predicted octanol–water partition coefficient (Wildman–Crippen LogP) is 3.46. The number of nitrogens with one attached hydrogen (secondary N) is 1. The van der Waals surface area contributed by atoms with Crippen LogP contribution in [0.25, 0.3) is 0 Å². The summed E-state index contributed by atoms with van der Waals surface area (Å²) in [6.07, 6.45) is 0. The standard InChI is InChI=1S/C14H11NO2S/c16-14(17)9-5-6-13-11(7-9)15-8-10-3-1-2-4-12(10)18-13/h1-7,15H,8H2,(H,16,17). The number of hydrogen-bond acceptors (Lipinski definition) is 3. The van der Waals surface area contributed by atoms with Gasteiger partial charge in [0.2, 0.25) is 0 Å². The molecule has 2 aromatic rings. The summed E-state index contributed by atoms with van der Waals surface area (Å²) < 4.78 is 0. The van der Waals surface area contributed by atoms with Gasteiger partial charge < -0.3 is 10.4 Å². The third kappa shape index (κ3) is 1.95. The molecule has 0 atom stereocenters. The number of hydrogen-bond donors (Lipinski definition) is 2. The van der Waals surface area contributed by atoms with Gasteiger partial charge in [-0.3, -0.25) is 0 Å². The molecule has 90 valence electrons. The maximum absolute atomic E-state index is 11.0. The summed E-state index contributed by atoms with van der Waals surface area (Å²) in [5.41, 5.74) is 2.43. The predicted molar refractivity (Wildman–Crippen MR) is 71.3 cm³/mol. The van der Waals surface area contributed by atoms with Gasteiger partial charge in [-0.1, -0.05) is 30.0 Å². The van der Waals surface area contributed by atoms with Gasteiger partial charge >= 0.3 is 5.97 Å². The fourth-order valence-electron chi connectivity index (χ4n) is 1.95. The zero-order chi connectivity index (χ0) is 12.5. The quantitative estimate of drug-likeness (QED) is 0.821. The van der Waals surface area contributed by atoms with Crippen molar-refractivity contribution < 1.29 is 9.90 Å². The van der Waals surface area contributed by atoms with Gasteiger partial charge in [0.05, 0.1) is 5.56 Å². The fourth-order valence-corrected chi connectivity index (χ4v) is 2.98. The van der Waals surface area contributed by atoms with Crippen LogP contribution in [0.2, 0.25) is 0 Å². The molecular formula is C14H11NO2S. The molecule has 2 N–H and O–H groups in total. The first kappa shape index (κ1) is 11.2. The Morgan fingerprint density at radius 1 is 1.17 bits per heavy atom. The summed E-state index contributed by atoms with van der Waals surface area (Å²) in [5.74, 6) is -0.897. The maximum Gasteiger partial charge on any atom is 0.335 e. The van der Waals surface area contributed by atoms with Crippen molar-refractivity contribution in [3.05, 3.63) is 53.6 Å².